The number of anilines is 1. The van der Waals surface area contributed by atoms with Gasteiger partial charge in [0.1, 0.15) is 17.3 Å². The Hall–Kier alpha value is -2.71. The molecule has 0 aliphatic carbocycles. The van der Waals surface area contributed by atoms with Gasteiger partial charge in [0.25, 0.3) is 10.0 Å². The molecule has 0 aliphatic rings. The molecule has 0 radical (unpaired) electrons. The summed E-state index contributed by atoms with van der Waals surface area (Å²) < 4.78 is 107. The van der Waals surface area contributed by atoms with Crippen LogP contribution >= 0.6 is 0 Å². The molecule has 0 saturated heterocycles. The van der Waals surface area contributed by atoms with Crippen molar-refractivity contribution in [1.82, 2.24) is 4.72 Å². The minimum atomic E-state index is -4.76. The SMILES string of the molecule is COC(=O)c1ccc(F)c(S(=O)(=O)Nc2ccc(S(=O)(=O)NCC(F)(F)F)cc2)c1. The first kappa shape index (κ1) is 23.6. The summed E-state index contributed by atoms with van der Waals surface area (Å²) in [6.45, 7) is -1.78. The number of ether oxygens (including phenoxy) is 1. The van der Waals surface area contributed by atoms with Crippen molar-refractivity contribution < 1.29 is 43.9 Å². The molecule has 2 N–H and O–H groups in total. The minimum Gasteiger partial charge on any atom is -0.465 e. The van der Waals surface area contributed by atoms with Gasteiger partial charge in [0.05, 0.1) is 17.6 Å². The Bertz CT molecular complexity index is 1150. The molecule has 0 aliphatic heterocycles. The normalized spacial score (nSPS) is 12.4. The topological polar surface area (TPSA) is 119 Å². The van der Waals surface area contributed by atoms with Gasteiger partial charge in [-0.15, -0.1) is 0 Å². The second-order valence-electron chi connectivity index (χ2n) is 5.71. The van der Waals surface area contributed by atoms with Gasteiger partial charge in [-0.1, -0.05) is 0 Å². The van der Waals surface area contributed by atoms with E-state index in [2.05, 4.69) is 4.74 Å². The lowest BCUT2D eigenvalue weighted by atomic mass is 10.2. The first-order valence-electron chi connectivity index (χ1n) is 7.82. The molecule has 0 spiro atoms. The van der Waals surface area contributed by atoms with E-state index in [1.165, 1.54) is 4.72 Å². The number of benzene rings is 2. The molecule has 164 valence electrons. The summed E-state index contributed by atoms with van der Waals surface area (Å²) in [6, 6.07) is 6.17. The molecule has 0 heterocycles. The summed E-state index contributed by atoms with van der Waals surface area (Å²) in [5.74, 6) is -2.06. The number of alkyl halides is 3. The predicted octanol–water partition coefficient (Wildman–Crippen LogP) is 2.25. The van der Waals surface area contributed by atoms with Crippen molar-refractivity contribution in [1.29, 1.82) is 0 Å². The maximum absolute atomic E-state index is 14.0. The molecule has 2 rings (SSSR count). The van der Waals surface area contributed by atoms with Crippen LogP contribution in [0.5, 0.6) is 0 Å². The third-order valence-corrected chi connectivity index (χ3v) is 6.33. The first-order valence-corrected chi connectivity index (χ1v) is 10.8. The van der Waals surface area contributed by atoms with Crippen molar-refractivity contribution in [3.8, 4) is 0 Å². The highest BCUT2D eigenvalue weighted by Gasteiger charge is 2.30. The lowest BCUT2D eigenvalue weighted by Crippen LogP contribution is -2.33. The molecular weight excluding hydrogens is 456 g/mol. The lowest BCUT2D eigenvalue weighted by molar-refractivity contribution is -0.121. The average molecular weight is 470 g/mol. The van der Waals surface area contributed by atoms with Crippen LogP contribution in [-0.2, 0) is 24.8 Å². The molecule has 2 aromatic rings. The number of hydrogen-bond acceptors (Lipinski definition) is 6. The Labute approximate surface area is 169 Å². The molecule has 2 aromatic carbocycles. The fourth-order valence-electron chi connectivity index (χ4n) is 2.13. The van der Waals surface area contributed by atoms with Crippen LogP contribution in [0.15, 0.2) is 52.3 Å². The van der Waals surface area contributed by atoms with Gasteiger partial charge in [-0.25, -0.2) is 30.7 Å². The maximum atomic E-state index is 14.0. The van der Waals surface area contributed by atoms with Crippen LogP contribution in [0.4, 0.5) is 23.2 Å². The number of methoxy groups -OCH3 is 1. The molecule has 14 heteroatoms. The molecule has 0 fully saturated rings. The van der Waals surface area contributed by atoms with Gasteiger partial charge in [-0.2, -0.15) is 13.2 Å². The maximum Gasteiger partial charge on any atom is 0.402 e. The third kappa shape index (κ3) is 5.90. The van der Waals surface area contributed by atoms with E-state index in [0.29, 0.717) is 0 Å². The quantitative estimate of drug-likeness (QED) is 0.473. The number of carbonyl (C=O) groups is 1. The molecule has 30 heavy (non-hydrogen) atoms. The van der Waals surface area contributed by atoms with Crippen molar-refractivity contribution in [2.75, 3.05) is 18.4 Å². The summed E-state index contributed by atoms with van der Waals surface area (Å²) in [6.07, 6.45) is -4.76. The predicted molar refractivity (Wildman–Crippen MR) is 96.2 cm³/mol. The minimum absolute atomic E-state index is 0.201. The van der Waals surface area contributed by atoms with E-state index in [4.69, 9.17) is 0 Å². The zero-order valence-electron chi connectivity index (χ0n) is 15.0. The average Bonchev–Trinajstić information content (AvgIpc) is 2.65. The number of sulfonamides is 2. The van der Waals surface area contributed by atoms with Crippen LogP contribution in [0.25, 0.3) is 0 Å². The van der Waals surface area contributed by atoms with Gasteiger partial charge in [-0.05, 0) is 42.5 Å². The highest BCUT2D eigenvalue weighted by Crippen LogP contribution is 2.22. The Morgan fingerprint density at radius 2 is 1.60 bits per heavy atom. The molecular formula is C16H14F4N2O6S2. The third-order valence-electron chi connectivity index (χ3n) is 3.52. The van der Waals surface area contributed by atoms with E-state index < -0.39 is 54.3 Å². The van der Waals surface area contributed by atoms with Crippen LogP contribution in [0.3, 0.4) is 0 Å². The smallest absolute Gasteiger partial charge is 0.402 e. The van der Waals surface area contributed by atoms with Crippen LogP contribution in [0, 0.1) is 5.82 Å². The Morgan fingerprint density at radius 3 is 2.13 bits per heavy atom. The lowest BCUT2D eigenvalue weighted by Gasteiger charge is -2.12. The Morgan fingerprint density at radius 1 is 1.00 bits per heavy atom. The van der Waals surface area contributed by atoms with Crippen molar-refractivity contribution >= 4 is 31.7 Å². The molecule has 0 saturated carbocycles. The molecule has 0 unspecified atom stereocenters. The molecule has 8 nitrogen and oxygen atoms in total. The first-order chi connectivity index (χ1) is 13.7. The monoisotopic (exact) mass is 470 g/mol. The van der Waals surface area contributed by atoms with Gasteiger partial charge in [0.15, 0.2) is 0 Å². The zero-order chi connectivity index (χ0) is 22.7. The molecule has 0 amide bonds. The van der Waals surface area contributed by atoms with Crippen LogP contribution in [0.2, 0.25) is 0 Å². The van der Waals surface area contributed by atoms with E-state index in [0.717, 1.165) is 49.6 Å². The number of hydrogen-bond donors (Lipinski definition) is 2. The highest BCUT2D eigenvalue weighted by atomic mass is 32.2. The van der Waals surface area contributed by atoms with Gasteiger partial charge in [-0.3, -0.25) is 4.72 Å². The largest absolute Gasteiger partial charge is 0.465 e. The molecule has 0 bridgehead atoms. The summed E-state index contributed by atoms with van der Waals surface area (Å²) in [5.41, 5.74) is -0.427. The molecule has 0 atom stereocenters. The van der Waals surface area contributed by atoms with Crippen LogP contribution in [-0.4, -0.2) is 42.6 Å². The summed E-state index contributed by atoms with van der Waals surface area (Å²) in [7, 11) is -7.97. The van der Waals surface area contributed by atoms with Crippen molar-refractivity contribution in [2.45, 2.75) is 16.0 Å². The number of carbonyl (C=O) groups excluding carboxylic acids is 1. The van der Waals surface area contributed by atoms with Crippen molar-refractivity contribution in [2.24, 2.45) is 0 Å². The van der Waals surface area contributed by atoms with Crippen molar-refractivity contribution in [3.63, 3.8) is 0 Å². The number of rotatable bonds is 7. The van der Waals surface area contributed by atoms with Gasteiger partial charge in [0, 0.05) is 5.69 Å². The van der Waals surface area contributed by atoms with Crippen molar-refractivity contribution in [3.05, 3.63) is 53.8 Å². The zero-order valence-corrected chi connectivity index (χ0v) is 16.7. The van der Waals surface area contributed by atoms with E-state index in [-0.39, 0.29) is 11.3 Å². The van der Waals surface area contributed by atoms with E-state index in [9.17, 15) is 39.2 Å². The van der Waals surface area contributed by atoms with Gasteiger partial charge in [0.2, 0.25) is 10.0 Å². The van der Waals surface area contributed by atoms with Gasteiger partial charge < -0.3 is 4.74 Å². The van der Waals surface area contributed by atoms with Crippen LogP contribution < -0.4 is 9.44 Å². The van der Waals surface area contributed by atoms with Gasteiger partial charge >= 0.3 is 12.1 Å². The standard InChI is InChI=1S/C16H14F4N2O6S2/c1-28-15(23)10-2-7-13(17)14(8-10)30(26,27)22-11-3-5-12(6-4-11)29(24,25)21-9-16(18,19)20/h2-8,21-22H,9H2,1H3. The second kappa shape index (κ2) is 8.57. The van der Waals surface area contributed by atoms with E-state index in [1.54, 1.807) is 0 Å². The fourth-order valence-corrected chi connectivity index (χ4v) is 4.30. The summed E-state index contributed by atoms with van der Waals surface area (Å²) in [5, 5.41) is 0. The second-order valence-corrected chi connectivity index (χ2v) is 9.12. The Balaban J connectivity index is 2.26. The Kier molecular flexibility index (Phi) is 6.73. The van der Waals surface area contributed by atoms with E-state index in [1.807, 2.05) is 4.72 Å². The molecule has 0 aromatic heterocycles. The number of esters is 1. The number of nitrogens with one attached hydrogen (secondary N) is 2. The fraction of sp³-hybridized carbons (Fsp3) is 0.188. The summed E-state index contributed by atoms with van der Waals surface area (Å²) in [4.78, 5) is 10.1. The summed E-state index contributed by atoms with van der Waals surface area (Å²) >= 11 is 0. The van der Waals surface area contributed by atoms with E-state index >= 15 is 0 Å². The van der Waals surface area contributed by atoms with Crippen LogP contribution in [0.1, 0.15) is 10.4 Å². The highest BCUT2D eigenvalue weighted by molar-refractivity contribution is 7.92. The number of halogens is 4.